The van der Waals surface area contributed by atoms with E-state index in [0.717, 1.165) is 5.69 Å². The molecule has 1 heteroatoms. The van der Waals surface area contributed by atoms with Crippen molar-refractivity contribution in [1.29, 1.82) is 0 Å². The molecule has 0 bridgehead atoms. The van der Waals surface area contributed by atoms with E-state index in [0.29, 0.717) is 0 Å². The van der Waals surface area contributed by atoms with E-state index in [1.54, 1.807) is 0 Å². The van der Waals surface area contributed by atoms with Crippen LogP contribution in [0.25, 0.3) is 54.6 Å². The summed E-state index contributed by atoms with van der Waals surface area (Å²) >= 11 is 0. The molecule has 9 aromatic rings. The van der Waals surface area contributed by atoms with E-state index in [-0.39, 0.29) is 0 Å². The van der Waals surface area contributed by atoms with Gasteiger partial charge in [0.15, 0.2) is 0 Å². The van der Waals surface area contributed by atoms with Crippen LogP contribution in [0.4, 0.5) is 17.1 Å². The van der Waals surface area contributed by atoms with Gasteiger partial charge in [-0.3, -0.25) is 0 Å². The fourth-order valence-corrected chi connectivity index (χ4v) is 10.0. The molecule has 0 N–H and O–H groups in total. The Hall–Kier alpha value is -6.44. The van der Waals surface area contributed by atoms with E-state index < -0.39 is 5.41 Å². The van der Waals surface area contributed by atoms with Crippen LogP contribution >= 0.6 is 0 Å². The maximum atomic E-state index is 2.54. The quantitative estimate of drug-likeness (QED) is 0.169. The Bertz CT molecular complexity index is 2930. The minimum absolute atomic E-state index is 0.463. The zero-order valence-electron chi connectivity index (χ0n) is 30.1. The van der Waals surface area contributed by atoms with Crippen molar-refractivity contribution in [3.05, 3.63) is 209 Å². The molecule has 0 atom stereocenters. The number of anilines is 3. The van der Waals surface area contributed by atoms with Crippen LogP contribution in [0.15, 0.2) is 170 Å². The molecule has 53 heavy (non-hydrogen) atoms. The van der Waals surface area contributed by atoms with Crippen molar-refractivity contribution in [2.75, 3.05) is 4.90 Å². The number of rotatable bonds is 3. The molecule has 1 spiro atoms. The molecule has 9 aromatic carbocycles. The van der Waals surface area contributed by atoms with Gasteiger partial charge in [0.1, 0.15) is 0 Å². The summed E-state index contributed by atoms with van der Waals surface area (Å²) in [6, 6.07) is 64.1. The van der Waals surface area contributed by atoms with Crippen molar-refractivity contribution in [2.45, 2.75) is 26.2 Å². The standard InChI is InChI=1S/C52H37N/c1-32-26-33(2)28-38(27-32)53(49-23-13-4-14-34(49)3)37-25-24-35-30-45-48(31-36(35)29-37)52(46-21-11-9-17-41(46)42-18-10-12-22-47(42)52)51-44-20-8-6-16-40(44)39-15-5-7-19-43(39)50(45)51/h4-31H,1-3H3. The molecular weight excluding hydrogens is 639 g/mol. The summed E-state index contributed by atoms with van der Waals surface area (Å²) in [5, 5.41) is 7.75. The minimum Gasteiger partial charge on any atom is -0.310 e. The van der Waals surface area contributed by atoms with Gasteiger partial charge in [-0.15, -0.1) is 0 Å². The highest BCUT2D eigenvalue weighted by Gasteiger charge is 2.53. The molecule has 2 aliphatic rings. The monoisotopic (exact) mass is 675 g/mol. The van der Waals surface area contributed by atoms with Crippen molar-refractivity contribution >= 4 is 49.4 Å². The fourth-order valence-electron chi connectivity index (χ4n) is 10.0. The van der Waals surface area contributed by atoms with Crippen LogP contribution in [-0.2, 0) is 5.41 Å². The van der Waals surface area contributed by atoms with Gasteiger partial charge in [0.05, 0.1) is 5.41 Å². The molecule has 250 valence electrons. The third-order valence-electron chi connectivity index (χ3n) is 12.0. The Morgan fingerprint density at radius 3 is 1.68 bits per heavy atom. The summed E-state index contributed by atoms with van der Waals surface area (Å²) in [5.41, 5.74) is 17.7. The summed E-state index contributed by atoms with van der Waals surface area (Å²) in [4.78, 5) is 2.44. The average molecular weight is 676 g/mol. The summed E-state index contributed by atoms with van der Waals surface area (Å²) < 4.78 is 0. The molecule has 0 saturated heterocycles. The largest absolute Gasteiger partial charge is 0.310 e. The highest BCUT2D eigenvalue weighted by atomic mass is 15.1. The number of para-hydroxylation sites is 1. The molecule has 0 aromatic heterocycles. The Balaban J connectivity index is 1.27. The summed E-state index contributed by atoms with van der Waals surface area (Å²) in [6.07, 6.45) is 0. The number of fused-ring (bicyclic) bond motifs is 16. The Labute approximate surface area is 310 Å². The van der Waals surface area contributed by atoms with Gasteiger partial charge < -0.3 is 4.90 Å². The van der Waals surface area contributed by atoms with Crippen LogP contribution in [0.5, 0.6) is 0 Å². The third kappa shape index (κ3) is 4.08. The van der Waals surface area contributed by atoms with E-state index in [2.05, 4.69) is 196 Å². The zero-order chi connectivity index (χ0) is 35.4. The summed E-state index contributed by atoms with van der Waals surface area (Å²) in [7, 11) is 0. The molecule has 0 saturated carbocycles. The normalized spacial score (nSPS) is 13.3. The lowest BCUT2D eigenvalue weighted by Gasteiger charge is -2.32. The number of hydrogen-bond acceptors (Lipinski definition) is 1. The summed E-state index contributed by atoms with van der Waals surface area (Å²) in [5.74, 6) is 0. The first-order valence-corrected chi connectivity index (χ1v) is 18.7. The van der Waals surface area contributed by atoms with Crippen LogP contribution in [0.2, 0.25) is 0 Å². The molecule has 0 heterocycles. The Morgan fingerprint density at radius 2 is 0.981 bits per heavy atom. The smallest absolute Gasteiger partial charge is 0.0731 e. The molecule has 2 aliphatic carbocycles. The number of aryl methyl sites for hydroxylation is 3. The minimum atomic E-state index is -0.463. The van der Waals surface area contributed by atoms with Crippen molar-refractivity contribution in [3.8, 4) is 22.3 Å². The van der Waals surface area contributed by atoms with Gasteiger partial charge >= 0.3 is 0 Å². The lowest BCUT2D eigenvalue weighted by atomic mass is 9.69. The molecule has 0 fully saturated rings. The first-order chi connectivity index (χ1) is 26.0. The van der Waals surface area contributed by atoms with Gasteiger partial charge in [0.25, 0.3) is 0 Å². The van der Waals surface area contributed by atoms with E-state index in [9.17, 15) is 0 Å². The number of hydrogen-bond donors (Lipinski definition) is 0. The lowest BCUT2D eigenvalue weighted by Crippen LogP contribution is -2.26. The van der Waals surface area contributed by atoms with E-state index >= 15 is 0 Å². The van der Waals surface area contributed by atoms with Crippen molar-refractivity contribution in [3.63, 3.8) is 0 Å². The highest BCUT2D eigenvalue weighted by molar-refractivity contribution is 6.20. The van der Waals surface area contributed by atoms with Crippen LogP contribution in [-0.4, -0.2) is 0 Å². The lowest BCUT2D eigenvalue weighted by molar-refractivity contribution is 0.803. The van der Waals surface area contributed by atoms with Crippen molar-refractivity contribution in [2.24, 2.45) is 0 Å². The third-order valence-corrected chi connectivity index (χ3v) is 12.0. The maximum absolute atomic E-state index is 2.54. The second-order valence-corrected chi connectivity index (χ2v) is 15.1. The number of benzene rings is 9. The second-order valence-electron chi connectivity index (χ2n) is 15.1. The first-order valence-electron chi connectivity index (χ1n) is 18.7. The van der Waals surface area contributed by atoms with Gasteiger partial charge in [-0.05, 0) is 157 Å². The molecule has 0 amide bonds. The molecule has 0 unspecified atom stereocenters. The first kappa shape index (κ1) is 30.2. The zero-order valence-corrected chi connectivity index (χ0v) is 30.1. The Morgan fingerprint density at radius 1 is 0.396 bits per heavy atom. The predicted molar refractivity (Wildman–Crippen MR) is 224 cm³/mol. The topological polar surface area (TPSA) is 3.24 Å². The molecule has 11 rings (SSSR count). The van der Waals surface area contributed by atoms with Crippen LogP contribution in [0.3, 0.4) is 0 Å². The summed E-state index contributed by atoms with van der Waals surface area (Å²) in [6.45, 7) is 6.60. The van der Waals surface area contributed by atoms with Gasteiger partial charge in [0.2, 0.25) is 0 Å². The van der Waals surface area contributed by atoms with E-state index in [1.807, 2.05) is 0 Å². The maximum Gasteiger partial charge on any atom is 0.0731 e. The SMILES string of the molecule is Cc1cc(C)cc(N(c2ccc3cc4c(cc3c2)C2(c3ccccc3-c3ccccc32)c2c-4c3ccccc3c3ccccc23)c2ccccc2C)c1. The van der Waals surface area contributed by atoms with Crippen LogP contribution in [0, 0.1) is 20.8 Å². The van der Waals surface area contributed by atoms with Gasteiger partial charge in [-0.25, -0.2) is 0 Å². The molecule has 1 nitrogen and oxygen atoms in total. The van der Waals surface area contributed by atoms with Crippen LogP contribution < -0.4 is 4.90 Å². The van der Waals surface area contributed by atoms with E-state index in [1.165, 1.54) is 105 Å². The molecule has 0 radical (unpaired) electrons. The van der Waals surface area contributed by atoms with E-state index in [4.69, 9.17) is 0 Å². The number of nitrogens with zero attached hydrogens (tertiary/aromatic N) is 1. The van der Waals surface area contributed by atoms with Gasteiger partial charge in [0, 0.05) is 17.1 Å². The van der Waals surface area contributed by atoms with Gasteiger partial charge in [-0.1, -0.05) is 127 Å². The highest BCUT2D eigenvalue weighted by Crippen LogP contribution is 2.65. The molecule has 0 aliphatic heterocycles. The Kier molecular flexibility index (Phi) is 6.29. The van der Waals surface area contributed by atoms with Crippen molar-refractivity contribution in [1.82, 2.24) is 0 Å². The van der Waals surface area contributed by atoms with Crippen molar-refractivity contribution < 1.29 is 0 Å². The predicted octanol–water partition coefficient (Wildman–Crippen LogP) is 13.9. The van der Waals surface area contributed by atoms with Crippen LogP contribution in [0.1, 0.15) is 38.9 Å². The van der Waals surface area contributed by atoms with Gasteiger partial charge in [-0.2, -0.15) is 0 Å². The second kappa shape index (κ2) is 11.0. The molecular formula is C52H37N. The average Bonchev–Trinajstić information content (AvgIpc) is 3.65. The fraction of sp³-hybridized carbons (Fsp3) is 0.0769.